The average Bonchev–Trinajstić information content (AvgIpc) is 2.33. The van der Waals surface area contributed by atoms with Gasteiger partial charge in [0.05, 0.1) is 7.11 Å². The number of benzene rings is 1. The second-order valence-electron chi connectivity index (χ2n) is 4.22. The largest absolute Gasteiger partial charge is 0.466 e. The van der Waals surface area contributed by atoms with Crippen LogP contribution in [0.1, 0.15) is 36.8 Å². The van der Waals surface area contributed by atoms with Crippen LogP contribution in [0.15, 0.2) is 30.3 Å². The highest BCUT2D eigenvalue weighted by atomic mass is 16.5. The zero-order chi connectivity index (χ0) is 11.5. The molecule has 0 fully saturated rings. The molecular formula is C14H16O2. The fourth-order valence-electron chi connectivity index (χ4n) is 2.23. The number of hydrogen-bond acceptors (Lipinski definition) is 2. The molecule has 0 amide bonds. The number of fused-ring (bicyclic) bond motifs is 1. The first kappa shape index (κ1) is 10.9. The van der Waals surface area contributed by atoms with Gasteiger partial charge in [0.1, 0.15) is 0 Å². The van der Waals surface area contributed by atoms with Crippen LogP contribution in [0.2, 0.25) is 0 Å². The zero-order valence-corrected chi connectivity index (χ0v) is 9.69. The van der Waals surface area contributed by atoms with Crippen molar-refractivity contribution in [2.45, 2.75) is 25.7 Å². The summed E-state index contributed by atoms with van der Waals surface area (Å²) in [4.78, 5) is 11.3. The maximum absolute atomic E-state index is 11.3. The molecule has 0 aliphatic heterocycles. The summed E-state index contributed by atoms with van der Waals surface area (Å²) >= 11 is 0. The van der Waals surface area contributed by atoms with Gasteiger partial charge < -0.3 is 4.74 Å². The van der Waals surface area contributed by atoms with Gasteiger partial charge in [-0.15, -0.1) is 0 Å². The van der Waals surface area contributed by atoms with E-state index in [-0.39, 0.29) is 5.97 Å². The fourth-order valence-corrected chi connectivity index (χ4v) is 2.23. The molecule has 84 valence electrons. The highest BCUT2D eigenvalue weighted by molar-refractivity contribution is 5.92. The molecule has 2 heteroatoms. The summed E-state index contributed by atoms with van der Waals surface area (Å²) in [6.45, 7) is 2.23. The Balaban J connectivity index is 2.42. The predicted molar refractivity (Wildman–Crippen MR) is 64.1 cm³/mol. The van der Waals surface area contributed by atoms with E-state index < -0.39 is 0 Å². The van der Waals surface area contributed by atoms with Gasteiger partial charge in [-0.3, -0.25) is 0 Å². The first-order valence-electron chi connectivity index (χ1n) is 5.60. The minimum absolute atomic E-state index is 0.264. The summed E-state index contributed by atoms with van der Waals surface area (Å²) in [5.41, 5.74) is 3.64. The molecule has 2 nitrogen and oxygen atoms in total. The highest BCUT2D eigenvalue weighted by Gasteiger charge is 2.19. The standard InChI is InChI=1S/C14H16O2/c1-10-7-8-11(9-14(15)16-2)13-6-4-3-5-12(10)13/h3-6,9-10H,7-8H2,1-2H3/b11-9-. The number of ether oxygens (including phenoxy) is 1. The van der Waals surface area contributed by atoms with E-state index in [0.29, 0.717) is 5.92 Å². The first-order valence-corrected chi connectivity index (χ1v) is 5.60. The molecule has 1 unspecified atom stereocenters. The van der Waals surface area contributed by atoms with Crippen LogP contribution in [-0.2, 0) is 9.53 Å². The lowest BCUT2D eigenvalue weighted by Gasteiger charge is -2.24. The van der Waals surface area contributed by atoms with Gasteiger partial charge in [0.15, 0.2) is 0 Å². The molecule has 2 rings (SSSR count). The molecule has 0 saturated carbocycles. The molecule has 1 aliphatic rings. The van der Waals surface area contributed by atoms with Crippen molar-refractivity contribution < 1.29 is 9.53 Å². The van der Waals surface area contributed by atoms with Crippen molar-refractivity contribution in [2.24, 2.45) is 0 Å². The van der Waals surface area contributed by atoms with Crippen LogP contribution >= 0.6 is 0 Å². The van der Waals surface area contributed by atoms with Gasteiger partial charge in [0.2, 0.25) is 0 Å². The maximum atomic E-state index is 11.3. The van der Waals surface area contributed by atoms with Gasteiger partial charge >= 0.3 is 5.97 Å². The van der Waals surface area contributed by atoms with E-state index in [9.17, 15) is 4.79 Å². The summed E-state index contributed by atoms with van der Waals surface area (Å²) in [6, 6.07) is 8.29. The molecule has 0 heterocycles. The van der Waals surface area contributed by atoms with E-state index in [2.05, 4.69) is 29.9 Å². The quantitative estimate of drug-likeness (QED) is 0.532. The van der Waals surface area contributed by atoms with E-state index >= 15 is 0 Å². The third-order valence-corrected chi connectivity index (χ3v) is 3.18. The van der Waals surface area contributed by atoms with Crippen molar-refractivity contribution in [1.82, 2.24) is 0 Å². The summed E-state index contributed by atoms with van der Waals surface area (Å²) in [7, 11) is 1.41. The minimum atomic E-state index is -0.264. The van der Waals surface area contributed by atoms with Crippen LogP contribution in [0.4, 0.5) is 0 Å². The molecule has 1 aromatic carbocycles. The number of carbonyl (C=O) groups is 1. The van der Waals surface area contributed by atoms with Gasteiger partial charge in [-0.05, 0) is 35.5 Å². The van der Waals surface area contributed by atoms with Gasteiger partial charge in [-0.25, -0.2) is 4.79 Å². The van der Waals surface area contributed by atoms with E-state index in [0.717, 1.165) is 18.4 Å². The molecular weight excluding hydrogens is 200 g/mol. The molecule has 0 spiro atoms. The van der Waals surface area contributed by atoms with Crippen LogP contribution in [0.5, 0.6) is 0 Å². The van der Waals surface area contributed by atoms with Crippen LogP contribution in [0.25, 0.3) is 5.57 Å². The Morgan fingerprint density at radius 1 is 1.44 bits per heavy atom. The zero-order valence-electron chi connectivity index (χ0n) is 9.69. The molecule has 1 atom stereocenters. The first-order chi connectivity index (χ1) is 7.72. The Bertz CT molecular complexity index is 432. The SMILES string of the molecule is COC(=O)/C=C1/CCC(C)c2ccccc21. The van der Waals surface area contributed by atoms with Crippen LogP contribution < -0.4 is 0 Å². The van der Waals surface area contributed by atoms with Crippen molar-refractivity contribution in [3.8, 4) is 0 Å². The van der Waals surface area contributed by atoms with Crippen molar-refractivity contribution in [2.75, 3.05) is 7.11 Å². The lowest BCUT2D eigenvalue weighted by atomic mass is 9.81. The lowest BCUT2D eigenvalue weighted by Crippen LogP contribution is -2.07. The van der Waals surface area contributed by atoms with Gasteiger partial charge in [-0.1, -0.05) is 31.2 Å². The number of allylic oxidation sites excluding steroid dienone is 1. The number of methoxy groups -OCH3 is 1. The molecule has 0 radical (unpaired) electrons. The second-order valence-corrected chi connectivity index (χ2v) is 4.22. The summed E-state index contributed by atoms with van der Waals surface area (Å²) in [5.74, 6) is 0.311. The second kappa shape index (κ2) is 4.52. The topological polar surface area (TPSA) is 26.3 Å². The Labute approximate surface area is 95.9 Å². The Kier molecular flexibility index (Phi) is 3.09. The number of esters is 1. The molecule has 1 aliphatic carbocycles. The van der Waals surface area contributed by atoms with Crippen molar-refractivity contribution in [1.29, 1.82) is 0 Å². The lowest BCUT2D eigenvalue weighted by molar-refractivity contribution is -0.134. The summed E-state index contributed by atoms with van der Waals surface area (Å²) < 4.78 is 4.68. The maximum Gasteiger partial charge on any atom is 0.330 e. The number of carbonyl (C=O) groups excluding carboxylic acids is 1. The Morgan fingerprint density at radius 2 is 2.19 bits per heavy atom. The van der Waals surface area contributed by atoms with Crippen molar-refractivity contribution in [3.05, 3.63) is 41.5 Å². The van der Waals surface area contributed by atoms with Crippen molar-refractivity contribution >= 4 is 11.5 Å². The number of rotatable bonds is 1. The Morgan fingerprint density at radius 3 is 2.94 bits per heavy atom. The van der Waals surface area contributed by atoms with E-state index in [1.54, 1.807) is 6.08 Å². The molecule has 0 bridgehead atoms. The Hall–Kier alpha value is -1.57. The van der Waals surface area contributed by atoms with Gasteiger partial charge in [-0.2, -0.15) is 0 Å². The van der Waals surface area contributed by atoms with Gasteiger partial charge in [0, 0.05) is 6.08 Å². The normalized spacial score (nSPS) is 21.6. The average molecular weight is 216 g/mol. The van der Waals surface area contributed by atoms with Crippen LogP contribution in [0.3, 0.4) is 0 Å². The molecule has 16 heavy (non-hydrogen) atoms. The molecule has 0 N–H and O–H groups in total. The van der Waals surface area contributed by atoms with E-state index in [1.807, 2.05) is 6.07 Å². The highest BCUT2D eigenvalue weighted by Crippen LogP contribution is 2.37. The monoisotopic (exact) mass is 216 g/mol. The molecule has 0 saturated heterocycles. The van der Waals surface area contributed by atoms with Crippen LogP contribution in [0, 0.1) is 0 Å². The predicted octanol–water partition coefficient (Wildman–Crippen LogP) is 3.14. The van der Waals surface area contributed by atoms with Crippen molar-refractivity contribution in [3.63, 3.8) is 0 Å². The molecule has 0 aromatic heterocycles. The molecule has 1 aromatic rings. The fraction of sp³-hybridized carbons (Fsp3) is 0.357. The third-order valence-electron chi connectivity index (χ3n) is 3.18. The number of hydrogen-bond donors (Lipinski definition) is 0. The van der Waals surface area contributed by atoms with E-state index in [1.165, 1.54) is 18.2 Å². The summed E-state index contributed by atoms with van der Waals surface area (Å²) in [5, 5.41) is 0. The van der Waals surface area contributed by atoms with Crippen LogP contribution in [-0.4, -0.2) is 13.1 Å². The smallest absolute Gasteiger partial charge is 0.330 e. The summed E-state index contributed by atoms with van der Waals surface area (Å²) in [6.07, 6.45) is 3.66. The van der Waals surface area contributed by atoms with E-state index in [4.69, 9.17) is 0 Å². The minimum Gasteiger partial charge on any atom is -0.466 e. The van der Waals surface area contributed by atoms with Gasteiger partial charge in [0.25, 0.3) is 0 Å². The third kappa shape index (κ3) is 2.01.